The van der Waals surface area contributed by atoms with E-state index in [0.717, 1.165) is 5.56 Å². The molecule has 2 atom stereocenters. The maximum atomic E-state index is 12.5. The first-order chi connectivity index (χ1) is 11.4. The quantitative estimate of drug-likeness (QED) is 0.902. The van der Waals surface area contributed by atoms with Crippen LogP contribution in [0.4, 0.5) is 0 Å². The van der Waals surface area contributed by atoms with E-state index in [4.69, 9.17) is 0 Å². The Bertz CT molecular complexity index is 845. The minimum absolute atomic E-state index is 0.0873. The molecule has 0 saturated carbocycles. The van der Waals surface area contributed by atoms with Crippen molar-refractivity contribution in [3.63, 3.8) is 0 Å². The van der Waals surface area contributed by atoms with Crippen LogP contribution < -0.4 is 5.32 Å². The van der Waals surface area contributed by atoms with Crippen molar-refractivity contribution in [1.82, 2.24) is 20.1 Å². The highest BCUT2D eigenvalue weighted by atomic mass is 32.2. The van der Waals surface area contributed by atoms with Crippen LogP contribution in [-0.4, -0.2) is 40.6 Å². The summed E-state index contributed by atoms with van der Waals surface area (Å²) in [6.07, 6.45) is 5.41. The van der Waals surface area contributed by atoms with Gasteiger partial charge in [-0.3, -0.25) is 14.5 Å². The van der Waals surface area contributed by atoms with Crippen molar-refractivity contribution in [3.05, 3.63) is 47.5 Å². The predicted octanol–water partition coefficient (Wildman–Crippen LogP) is 1.44. The normalized spacial score (nSPS) is 20.7. The number of aromatic nitrogens is 3. The summed E-state index contributed by atoms with van der Waals surface area (Å²) in [5.74, 6) is 0.0469. The maximum Gasteiger partial charge on any atom is 0.255 e. The molecule has 8 heteroatoms. The third-order valence-electron chi connectivity index (χ3n) is 4.40. The largest absolute Gasteiger partial charge is 0.345 e. The van der Waals surface area contributed by atoms with E-state index < -0.39 is 9.84 Å². The second kappa shape index (κ2) is 6.35. The number of carbonyl (C=O) groups is 1. The fourth-order valence-electron chi connectivity index (χ4n) is 2.99. The highest BCUT2D eigenvalue weighted by Gasteiger charge is 2.31. The van der Waals surface area contributed by atoms with E-state index in [1.165, 1.54) is 6.20 Å². The summed E-state index contributed by atoms with van der Waals surface area (Å²) in [4.78, 5) is 16.5. The van der Waals surface area contributed by atoms with E-state index in [2.05, 4.69) is 15.4 Å². The number of nitrogens with zero attached hydrogens (tertiary/aromatic N) is 3. The zero-order chi connectivity index (χ0) is 17.3. The molecule has 3 rings (SSSR count). The molecule has 3 heterocycles. The van der Waals surface area contributed by atoms with Crippen LogP contribution in [-0.2, 0) is 9.84 Å². The van der Waals surface area contributed by atoms with Gasteiger partial charge in [0.1, 0.15) is 0 Å². The van der Waals surface area contributed by atoms with Crippen molar-refractivity contribution in [1.29, 1.82) is 0 Å². The summed E-state index contributed by atoms with van der Waals surface area (Å²) < 4.78 is 24.9. The van der Waals surface area contributed by atoms with Crippen molar-refractivity contribution in [2.24, 2.45) is 0 Å². The van der Waals surface area contributed by atoms with Gasteiger partial charge >= 0.3 is 0 Å². The second-order valence-electron chi connectivity index (χ2n) is 6.12. The van der Waals surface area contributed by atoms with Crippen LogP contribution in [0, 0.1) is 6.92 Å². The molecular formula is C16H20N4O3S. The zero-order valence-corrected chi connectivity index (χ0v) is 14.5. The van der Waals surface area contributed by atoms with Crippen LogP contribution >= 0.6 is 0 Å². The lowest BCUT2D eigenvalue weighted by Crippen LogP contribution is -2.27. The minimum Gasteiger partial charge on any atom is -0.345 e. The number of hydrogen-bond donors (Lipinski definition) is 1. The Morgan fingerprint density at radius 3 is 2.71 bits per heavy atom. The molecule has 1 amide bonds. The molecule has 1 aliphatic rings. The Hall–Kier alpha value is -2.22. The van der Waals surface area contributed by atoms with E-state index in [-0.39, 0.29) is 29.5 Å². The van der Waals surface area contributed by atoms with Gasteiger partial charge in [-0.2, -0.15) is 5.10 Å². The number of sulfone groups is 1. The Balaban J connectivity index is 1.75. The van der Waals surface area contributed by atoms with E-state index in [9.17, 15) is 13.2 Å². The molecular weight excluding hydrogens is 328 g/mol. The van der Waals surface area contributed by atoms with Gasteiger partial charge in [-0.1, -0.05) is 0 Å². The second-order valence-corrected chi connectivity index (χ2v) is 8.35. The standard InChI is InChI=1S/C16H20N4O3S/c1-11(13-3-6-17-7-4-13)19-16(21)15-9-18-20(12(15)2)14-5-8-24(22,23)10-14/h3-4,6-7,9,11,14H,5,8,10H2,1-2H3,(H,19,21)/t11-,14-/m1/s1. The smallest absolute Gasteiger partial charge is 0.255 e. The summed E-state index contributed by atoms with van der Waals surface area (Å²) in [6.45, 7) is 3.69. The summed E-state index contributed by atoms with van der Waals surface area (Å²) >= 11 is 0. The highest BCUT2D eigenvalue weighted by molar-refractivity contribution is 7.91. The third kappa shape index (κ3) is 3.33. The molecule has 7 nitrogen and oxygen atoms in total. The highest BCUT2D eigenvalue weighted by Crippen LogP contribution is 2.25. The Kier molecular flexibility index (Phi) is 4.40. The van der Waals surface area contributed by atoms with Crippen LogP contribution in [0.25, 0.3) is 0 Å². The first-order valence-corrected chi connectivity index (χ1v) is 9.65. The Labute approximate surface area is 141 Å². The van der Waals surface area contributed by atoms with E-state index in [1.54, 1.807) is 24.0 Å². The zero-order valence-electron chi connectivity index (χ0n) is 13.6. The van der Waals surface area contributed by atoms with E-state index >= 15 is 0 Å². The number of hydrogen-bond acceptors (Lipinski definition) is 5. The van der Waals surface area contributed by atoms with Crippen LogP contribution in [0.2, 0.25) is 0 Å². The molecule has 1 saturated heterocycles. The third-order valence-corrected chi connectivity index (χ3v) is 6.15. The lowest BCUT2D eigenvalue weighted by molar-refractivity contribution is 0.0939. The fourth-order valence-corrected chi connectivity index (χ4v) is 4.68. The Morgan fingerprint density at radius 2 is 2.08 bits per heavy atom. The molecule has 0 aromatic carbocycles. The molecule has 0 unspecified atom stereocenters. The van der Waals surface area contributed by atoms with Gasteiger partial charge in [-0.25, -0.2) is 8.42 Å². The van der Waals surface area contributed by atoms with Crippen LogP contribution in [0.1, 0.15) is 47.0 Å². The topological polar surface area (TPSA) is 93.9 Å². The van der Waals surface area contributed by atoms with Crippen molar-refractivity contribution in [2.75, 3.05) is 11.5 Å². The summed E-state index contributed by atoms with van der Waals surface area (Å²) in [7, 11) is -2.99. The molecule has 0 aliphatic carbocycles. The molecule has 1 N–H and O–H groups in total. The van der Waals surface area contributed by atoms with Gasteiger partial charge in [-0.05, 0) is 38.0 Å². The molecule has 2 aromatic rings. The van der Waals surface area contributed by atoms with Crippen molar-refractivity contribution in [2.45, 2.75) is 32.4 Å². The average molecular weight is 348 g/mol. The van der Waals surface area contributed by atoms with Crippen molar-refractivity contribution in [3.8, 4) is 0 Å². The number of rotatable bonds is 4. The lowest BCUT2D eigenvalue weighted by Gasteiger charge is -2.15. The van der Waals surface area contributed by atoms with Crippen molar-refractivity contribution < 1.29 is 13.2 Å². The predicted molar refractivity (Wildman–Crippen MR) is 89.4 cm³/mol. The maximum absolute atomic E-state index is 12.5. The monoisotopic (exact) mass is 348 g/mol. The first kappa shape index (κ1) is 16.6. The fraction of sp³-hybridized carbons (Fsp3) is 0.438. The van der Waals surface area contributed by atoms with Gasteiger partial charge in [-0.15, -0.1) is 0 Å². The molecule has 1 fully saturated rings. The number of pyridine rings is 1. The molecule has 0 bridgehead atoms. The van der Waals surface area contributed by atoms with Gasteiger partial charge in [0.15, 0.2) is 9.84 Å². The number of amides is 1. The van der Waals surface area contributed by atoms with Crippen LogP contribution in [0.15, 0.2) is 30.7 Å². The molecule has 0 spiro atoms. The molecule has 24 heavy (non-hydrogen) atoms. The molecule has 1 aliphatic heterocycles. The van der Waals surface area contributed by atoms with Crippen LogP contribution in [0.3, 0.4) is 0 Å². The summed E-state index contributed by atoms with van der Waals surface area (Å²) in [6, 6.07) is 3.36. The lowest BCUT2D eigenvalue weighted by atomic mass is 10.1. The van der Waals surface area contributed by atoms with Gasteiger partial charge in [0.05, 0.1) is 35.3 Å². The number of nitrogens with one attached hydrogen (secondary N) is 1. The summed E-state index contributed by atoms with van der Waals surface area (Å²) in [5, 5.41) is 7.18. The average Bonchev–Trinajstić information content (AvgIpc) is 3.10. The first-order valence-electron chi connectivity index (χ1n) is 7.83. The van der Waals surface area contributed by atoms with Gasteiger partial charge in [0, 0.05) is 18.1 Å². The molecule has 2 aromatic heterocycles. The van der Waals surface area contributed by atoms with E-state index in [0.29, 0.717) is 17.7 Å². The molecule has 128 valence electrons. The Morgan fingerprint density at radius 1 is 1.38 bits per heavy atom. The summed E-state index contributed by atoms with van der Waals surface area (Å²) in [5.41, 5.74) is 2.13. The van der Waals surface area contributed by atoms with Gasteiger partial charge in [0.2, 0.25) is 0 Å². The van der Waals surface area contributed by atoms with Crippen LogP contribution in [0.5, 0.6) is 0 Å². The van der Waals surface area contributed by atoms with Crippen molar-refractivity contribution >= 4 is 15.7 Å². The minimum atomic E-state index is -2.99. The SMILES string of the molecule is Cc1c(C(=O)N[C@H](C)c2ccncc2)cnn1[C@@H]1CCS(=O)(=O)C1. The van der Waals surface area contributed by atoms with Gasteiger partial charge < -0.3 is 5.32 Å². The number of carbonyl (C=O) groups excluding carboxylic acids is 1. The van der Waals surface area contributed by atoms with Gasteiger partial charge in [0.25, 0.3) is 5.91 Å². The molecule has 0 radical (unpaired) electrons. The van der Waals surface area contributed by atoms with E-state index in [1.807, 2.05) is 19.1 Å².